The third-order valence-corrected chi connectivity index (χ3v) is 4.22. The first-order valence-electron chi connectivity index (χ1n) is 3.77. The van der Waals surface area contributed by atoms with Crippen molar-refractivity contribution in [1.29, 1.82) is 0 Å². The van der Waals surface area contributed by atoms with Gasteiger partial charge in [0.2, 0.25) is 0 Å². The van der Waals surface area contributed by atoms with Gasteiger partial charge in [0.25, 0.3) is 0 Å². The summed E-state index contributed by atoms with van der Waals surface area (Å²) in [6.45, 7) is 3.84. The second-order valence-electron chi connectivity index (χ2n) is 2.48. The molecule has 82 valence electrons. The summed E-state index contributed by atoms with van der Waals surface area (Å²) in [4.78, 5) is 0. The second kappa shape index (κ2) is 9.47. The van der Waals surface area contributed by atoms with Crippen LogP contribution in [0.15, 0.2) is 0 Å². The zero-order valence-corrected chi connectivity index (χ0v) is 14.6. The van der Waals surface area contributed by atoms with Gasteiger partial charge in [0.05, 0.1) is 17.9 Å². The topological polar surface area (TPSA) is 18.5 Å². The SMILES string of the molecule is CC1OP(=S)([S-])OC1C.[S-]CC[S-].[Sb+3]. The van der Waals surface area contributed by atoms with E-state index in [2.05, 4.69) is 25.3 Å². The van der Waals surface area contributed by atoms with Crippen molar-refractivity contribution in [1.82, 2.24) is 0 Å². The van der Waals surface area contributed by atoms with Gasteiger partial charge in [-0.05, 0) is 13.8 Å². The van der Waals surface area contributed by atoms with Crippen LogP contribution in [0.2, 0.25) is 0 Å². The van der Waals surface area contributed by atoms with Crippen molar-refractivity contribution < 1.29 is 9.05 Å². The molecule has 2 radical (unpaired) electrons. The fraction of sp³-hybridized carbons (Fsp3) is 1.00. The molecule has 0 aromatic carbocycles. The van der Waals surface area contributed by atoms with Gasteiger partial charge in [-0.3, -0.25) is 0 Å². The van der Waals surface area contributed by atoms with Crippen molar-refractivity contribution in [2.45, 2.75) is 26.1 Å². The molecule has 0 N–H and O–H groups in total. The van der Waals surface area contributed by atoms with Crippen LogP contribution in [0.1, 0.15) is 13.8 Å². The predicted molar refractivity (Wildman–Crippen MR) is 73.0 cm³/mol. The third-order valence-electron chi connectivity index (χ3n) is 1.34. The molecule has 2 atom stereocenters. The summed E-state index contributed by atoms with van der Waals surface area (Å²) < 4.78 is 10.4. The standard InChI is InChI=1S/C4H9O2PS2.C2H6S2.Sb/c1-3-4(2)6-7(8,9)5-3;3-1-2-4;/h3-4H,1-2H3,(H,8,9);3-4H,1-2H2;/q;;+3/p-3. The molecule has 2 nitrogen and oxygen atoms in total. The Hall–Kier alpha value is 2.44. The van der Waals surface area contributed by atoms with Gasteiger partial charge in [-0.25, -0.2) is 0 Å². The molecule has 14 heavy (non-hydrogen) atoms. The molecule has 0 bridgehead atoms. The van der Waals surface area contributed by atoms with E-state index in [4.69, 9.17) is 33.1 Å². The summed E-state index contributed by atoms with van der Waals surface area (Å²) in [6, 6.07) is 0. The van der Waals surface area contributed by atoms with E-state index in [-0.39, 0.29) is 36.6 Å². The van der Waals surface area contributed by atoms with Crippen molar-refractivity contribution in [3.8, 4) is 0 Å². The van der Waals surface area contributed by atoms with Crippen LogP contribution < -0.4 is 0 Å². The van der Waals surface area contributed by atoms with Crippen LogP contribution >= 0.6 is 5.69 Å². The summed E-state index contributed by atoms with van der Waals surface area (Å²) in [6.07, 6.45) is 0.154. The predicted octanol–water partition coefficient (Wildman–Crippen LogP) is 1.28. The van der Waals surface area contributed by atoms with Gasteiger partial charge in [-0.1, -0.05) is 11.8 Å². The first kappa shape index (κ1) is 18.8. The van der Waals surface area contributed by atoms with Crippen LogP contribution in [0.4, 0.5) is 0 Å². The van der Waals surface area contributed by atoms with Crippen LogP contribution in [0.5, 0.6) is 0 Å². The summed E-state index contributed by atoms with van der Waals surface area (Å²) in [7, 11) is 0. The van der Waals surface area contributed by atoms with E-state index in [0.29, 0.717) is 0 Å². The molecule has 1 saturated heterocycles. The number of hydrogen-bond acceptors (Lipinski definition) is 6. The summed E-state index contributed by atoms with van der Waals surface area (Å²) in [5.74, 6) is 1.44. The van der Waals surface area contributed by atoms with Gasteiger partial charge in [0.15, 0.2) is 0 Å². The van der Waals surface area contributed by atoms with E-state index in [0.717, 1.165) is 11.5 Å². The van der Waals surface area contributed by atoms with Gasteiger partial charge in [-0.15, -0.1) is 0 Å². The minimum Gasteiger partial charge on any atom is -0.794 e. The van der Waals surface area contributed by atoms with E-state index in [9.17, 15) is 0 Å². The van der Waals surface area contributed by atoms with Crippen LogP contribution in [0, 0.1) is 0 Å². The summed E-state index contributed by atoms with van der Waals surface area (Å²) >= 11 is 18.6. The minimum atomic E-state index is -2.24. The minimum absolute atomic E-state index is 0. The van der Waals surface area contributed by atoms with Crippen molar-refractivity contribution in [2.75, 3.05) is 11.5 Å². The van der Waals surface area contributed by atoms with Crippen LogP contribution in [-0.4, -0.2) is 48.1 Å². The van der Waals surface area contributed by atoms with E-state index >= 15 is 0 Å². The molecule has 0 aliphatic carbocycles. The fourth-order valence-electron chi connectivity index (χ4n) is 0.604. The first-order chi connectivity index (χ1) is 5.93. The molecule has 8 heteroatoms. The van der Waals surface area contributed by atoms with Crippen LogP contribution in [0.3, 0.4) is 0 Å². The number of hydrogen-bond donors (Lipinski definition) is 0. The van der Waals surface area contributed by atoms with Crippen molar-refractivity contribution in [2.24, 2.45) is 0 Å². The monoisotopic (exact) mass is 396 g/mol. The molecule has 0 aromatic rings. The smallest absolute Gasteiger partial charge is 0.794 e. The second-order valence-corrected chi connectivity index (χ2v) is 8.19. The van der Waals surface area contributed by atoms with Crippen molar-refractivity contribution in [3.05, 3.63) is 0 Å². The molecular formula is C6H12O2PS4Sb. The molecule has 0 spiro atoms. The quantitative estimate of drug-likeness (QED) is 0.375. The maximum atomic E-state index is 5.18. The van der Waals surface area contributed by atoms with Gasteiger partial charge >= 0.3 is 24.4 Å². The first-order valence-corrected chi connectivity index (χ1v) is 8.57. The molecule has 0 aromatic heterocycles. The molecule has 1 heterocycles. The van der Waals surface area contributed by atoms with E-state index in [1.807, 2.05) is 13.8 Å². The average Bonchev–Trinajstić information content (AvgIpc) is 2.25. The summed E-state index contributed by atoms with van der Waals surface area (Å²) in [5.41, 5.74) is -2.24. The normalized spacial score (nSPS) is 35.5. The van der Waals surface area contributed by atoms with Gasteiger partial charge in [0.1, 0.15) is 0 Å². The molecule has 0 amide bonds. The Kier molecular flexibility index (Phi) is 12.7. The van der Waals surface area contributed by atoms with Gasteiger partial charge in [0, 0.05) is 0 Å². The Morgan fingerprint density at radius 2 is 1.43 bits per heavy atom. The molecule has 0 saturated carbocycles. The third kappa shape index (κ3) is 8.57. The van der Waals surface area contributed by atoms with Crippen molar-refractivity contribution in [3.63, 3.8) is 0 Å². The van der Waals surface area contributed by atoms with Crippen molar-refractivity contribution >= 4 is 79.4 Å². The molecule has 1 rings (SSSR count). The number of rotatable bonds is 1. The summed E-state index contributed by atoms with van der Waals surface area (Å²) in [5, 5.41) is 0. The maximum Gasteiger partial charge on any atom is 3.00 e. The molecule has 2 unspecified atom stereocenters. The van der Waals surface area contributed by atoms with E-state index in [1.165, 1.54) is 0 Å². The van der Waals surface area contributed by atoms with E-state index < -0.39 is 5.69 Å². The zero-order valence-electron chi connectivity index (χ0n) is 7.91. The van der Waals surface area contributed by atoms with Crippen LogP contribution in [0.25, 0.3) is 0 Å². The maximum absolute atomic E-state index is 5.18. The Morgan fingerprint density at radius 1 is 1.14 bits per heavy atom. The molecule has 1 aliphatic heterocycles. The Bertz CT molecular complexity index is 179. The van der Waals surface area contributed by atoms with E-state index in [1.54, 1.807) is 0 Å². The van der Waals surface area contributed by atoms with Crippen LogP contribution in [-0.2, 0) is 58.4 Å². The molecular weight excluding hydrogens is 385 g/mol. The van der Waals surface area contributed by atoms with Gasteiger partial charge in [-0.2, -0.15) is 11.5 Å². The Balaban J connectivity index is 0. The largest absolute Gasteiger partial charge is 3.00 e. The molecule has 1 aliphatic rings. The Labute approximate surface area is 125 Å². The average molecular weight is 397 g/mol. The van der Waals surface area contributed by atoms with Gasteiger partial charge < -0.3 is 46.6 Å². The fourth-order valence-corrected chi connectivity index (χ4v) is 3.44. The zero-order chi connectivity index (χ0) is 10.5. The molecule has 1 fully saturated rings. The Morgan fingerprint density at radius 3 is 1.50 bits per heavy atom.